The van der Waals surface area contributed by atoms with Crippen LogP contribution in [0.5, 0.6) is 5.75 Å². The summed E-state index contributed by atoms with van der Waals surface area (Å²) in [5.74, 6) is 7.40. The number of piperazine rings is 1. The molecule has 5 rings (SSSR count). The van der Waals surface area contributed by atoms with E-state index in [-0.39, 0.29) is 12.1 Å². The van der Waals surface area contributed by atoms with Crippen LogP contribution in [-0.2, 0) is 20.1 Å². The van der Waals surface area contributed by atoms with Crippen LogP contribution in [0.15, 0.2) is 46.0 Å². The Morgan fingerprint density at radius 3 is 2.51 bits per heavy atom. The van der Waals surface area contributed by atoms with Gasteiger partial charge < -0.3 is 15.0 Å². The highest BCUT2D eigenvalue weighted by Crippen LogP contribution is 2.28. The number of fused-ring (bicyclic) bond motifs is 2. The van der Waals surface area contributed by atoms with Gasteiger partial charge in [0.15, 0.2) is 11.2 Å². The predicted molar refractivity (Wildman–Crippen MR) is 137 cm³/mol. The standard InChI is InChI=1S/C26H28N6O3/c1-4-5-14-31-22-23(28-25(31)30-15-12-27-13-16-30)29(2)26(34)32(24(22)33)17-18-10-11-21(35-3)20-9-7-6-8-19(18)20/h6-11,27H,12-17H2,1-3H3. The first kappa shape index (κ1) is 22.7. The van der Waals surface area contributed by atoms with E-state index < -0.39 is 5.69 Å². The third-order valence-corrected chi connectivity index (χ3v) is 6.55. The SMILES string of the molecule is CC#CCn1c(N2CCNCC2)nc2c1c(=O)n(Cc1ccc(OC)c3ccccc13)c(=O)n2C. The van der Waals surface area contributed by atoms with Crippen molar-refractivity contribution in [3.63, 3.8) is 0 Å². The molecule has 2 aromatic heterocycles. The molecular formula is C26H28N6O3. The Labute approximate surface area is 202 Å². The molecule has 35 heavy (non-hydrogen) atoms. The summed E-state index contributed by atoms with van der Waals surface area (Å²) in [6.07, 6.45) is 0. The normalized spacial score (nSPS) is 13.7. The minimum Gasteiger partial charge on any atom is -0.496 e. The van der Waals surface area contributed by atoms with Crippen molar-refractivity contribution in [2.45, 2.75) is 20.0 Å². The second-order valence-electron chi connectivity index (χ2n) is 8.54. The molecule has 1 fully saturated rings. The number of methoxy groups -OCH3 is 1. The van der Waals surface area contributed by atoms with E-state index in [0.29, 0.717) is 23.7 Å². The molecule has 4 aromatic rings. The van der Waals surface area contributed by atoms with Crippen LogP contribution in [-0.4, -0.2) is 52.0 Å². The Morgan fingerprint density at radius 1 is 1.06 bits per heavy atom. The molecule has 3 heterocycles. The van der Waals surface area contributed by atoms with E-state index in [4.69, 9.17) is 9.72 Å². The van der Waals surface area contributed by atoms with Crippen LogP contribution >= 0.6 is 0 Å². The van der Waals surface area contributed by atoms with E-state index in [0.717, 1.165) is 48.3 Å². The quantitative estimate of drug-likeness (QED) is 0.444. The van der Waals surface area contributed by atoms with Gasteiger partial charge in [-0.05, 0) is 23.9 Å². The second kappa shape index (κ2) is 9.31. The zero-order chi connectivity index (χ0) is 24.5. The van der Waals surface area contributed by atoms with Crippen molar-refractivity contribution in [1.82, 2.24) is 24.0 Å². The number of benzene rings is 2. The molecule has 1 aliphatic heterocycles. The molecule has 180 valence electrons. The first-order chi connectivity index (χ1) is 17.0. The van der Waals surface area contributed by atoms with Gasteiger partial charge in [0.25, 0.3) is 5.56 Å². The third kappa shape index (κ3) is 3.86. The van der Waals surface area contributed by atoms with Gasteiger partial charge in [0, 0.05) is 38.6 Å². The topological polar surface area (TPSA) is 86.3 Å². The van der Waals surface area contributed by atoms with Gasteiger partial charge in [-0.1, -0.05) is 36.3 Å². The molecule has 0 saturated carbocycles. The van der Waals surface area contributed by atoms with Gasteiger partial charge >= 0.3 is 5.69 Å². The molecule has 0 bridgehead atoms. The number of rotatable bonds is 5. The van der Waals surface area contributed by atoms with Gasteiger partial charge in [-0.2, -0.15) is 4.98 Å². The summed E-state index contributed by atoms with van der Waals surface area (Å²) in [7, 11) is 3.29. The molecule has 0 spiro atoms. The van der Waals surface area contributed by atoms with Crippen molar-refractivity contribution in [1.29, 1.82) is 0 Å². The molecule has 0 aliphatic carbocycles. The van der Waals surface area contributed by atoms with Crippen LogP contribution in [0, 0.1) is 11.8 Å². The summed E-state index contributed by atoms with van der Waals surface area (Å²) in [5.41, 5.74) is 0.862. The van der Waals surface area contributed by atoms with Gasteiger partial charge in [-0.3, -0.25) is 18.5 Å². The molecule has 1 saturated heterocycles. The first-order valence-electron chi connectivity index (χ1n) is 11.6. The summed E-state index contributed by atoms with van der Waals surface area (Å²) in [6, 6.07) is 11.6. The minimum atomic E-state index is -0.402. The summed E-state index contributed by atoms with van der Waals surface area (Å²) >= 11 is 0. The minimum absolute atomic E-state index is 0.138. The molecule has 0 radical (unpaired) electrons. The zero-order valence-corrected chi connectivity index (χ0v) is 20.2. The van der Waals surface area contributed by atoms with E-state index in [1.165, 1.54) is 9.13 Å². The van der Waals surface area contributed by atoms with Gasteiger partial charge in [0.1, 0.15) is 5.75 Å². The van der Waals surface area contributed by atoms with Crippen molar-refractivity contribution >= 4 is 27.9 Å². The fourth-order valence-corrected chi connectivity index (χ4v) is 4.73. The summed E-state index contributed by atoms with van der Waals surface area (Å²) < 4.78 is 10.1. The maximum atomic E-state index is 13.8. The fourth-order valence-electron chi connectivity index (χ4n) is 4.73. The van der Waals surface area contributed by atoms with Crippen molar-refractivity contribution in [3.8, 4) is 17.6 Å². The maximum absolute atomic E-state index is 13.8. The Kier molecular flexibility index (Phi) is 6.05. The fraction of sp³-hybridized carbons (Fsp3) is 0.346. The zero-order valence-electron chi connectivity index (χ0n) is 20.2. The highest BCUT2D eigenvalue weighted by Gasteiger charge is 2.24. The summed E-state index contributed by atoms with van der Waals surface area (Å²) in [4.78, 5) is 34.1. The number of aromatic nitrogens is 4. The van der Waals surface area contributed by atoms with Crippen LogP contribution < -0.4 is 26.2 Å². The number of nitrogens with one attached hydrogen (secondary N) is 1. The van der Waals surface area contributed by atoms with Gasteiger partial charge in [-0.15, -0.1) is 5.92 Å². The maximum Gasteiger partial charge on any atom is 0.332 e. The highest BCUT2D eigenvalue weighted by molar-refractivity contribution is 5.91. The van der Waals surface area contributed by atoms with Crippen molar-refractivity contribution in [3.05, 3.63) is 62.8 Å². The van der Waals surface area contributed by atoms with Gasteiger partial charge in [-0.25, -0.2) is 4.79 Å². The Hall–Kier alpha value is -4.03. The van der Waals surface area contributed by atoms with Crippen LogP contribution in [0.4, 0.5) is 5.95 Å². The van der Waals surface area contributed by atoms with E-state index in [9.17, 15) is 9.59 Å². The van der Waals surface area contributed by atoms with E-state index in [1.54, 1.807) is 21.1 Å². The van der Waals surface area contributed by atoms with Crippen LogP contribution in [0.1, 0.15) is 12.5 Å². The lowest BCUT2D eigenvalue weighted by Crippen LogP contribution is -2.44. The lowest BCUT2D eigenvalue weighted by atomic mass is 10.0. The number of hydrogen-bond acceptors (Lipinski definition) is 6. The number of aryl methyl sites for hydroxylation is 1. The first-order valence-corrected chi connectivity index (χ1v) is 11.6. The highest BCUT2D eigenvalue weighted by atomic mass is 16.5. The van der Waals surface area contributed by atoms with Crippen LogP contribution in [0.2, 0.25) is 0 Å². The average molecular weight is 473 g/mol. The van der Waals surface area contributed by atoms with Crippen LogP contribution in [0.3, 0.4) is 0 Å². The molecule has 2 aromatic carbocycles. The van der Waals surface area contributed by atoms with Crippen molar-refractivity contribution in [2.75, 3.05) is 38.2 Å². The largest absolute Gasteiger partial charge is 0.496 e. The molecule has 1 N–H and O–H groups in total. The molecule has 0 unspecified atom stereocenters. The van der Waals surface area contributed by atoms with E-state index >= 15 is 0 Å². The third-order valence-electron chi connectivity index (χ3n) is 6.55. The Bertz CT molecular complexity index is 1600. The molecule has 1 aliphatic rings. The number of anilines is 1. The van der Waals surface area contributed by atoms with Gasteiger partial charge in [0.2, 0.25) is 5.95 Å². The number of hydrogen-bond donors (Lipinski definition) is 1. The Morgan fingerprint density at radius 2 is 1.80 bits per heavy atom. The number of ether oxygens (including phenoxy) is 1. The molecule has 9 nitrogen and oxygen atoms in total. The monoisotopic (exact) mass is 472 g/mol. The lowest BCUT2D eigenvalue weighted by Gasteiger charge is -2.28. The van der Waals surface area contributed by atoms with Crippen LogP contribution in [0.25, 0.3) is 21.9 Å². The van der Waals surface area contributed by atoms with E-state index in [1.807, 2.05) is 41.0 Å². The van der Waals surface area contributed by atoms with E-state index in [2.05, 4.69) is 22.1 Å². The predicted octanol–water partition coefficient (Wildman–Crippen LogP) is 1.54. The number of nitrogens with zero attached hydrogens (tertiary/aromatic N) is 5. The molecule has 9 heteroatoms. The smallest absolute Gasteiger partial charge is 0.332 e. The molecule has 0 amide bonds. The summed E-state index contributed by atoms with van der Waals surface area (Å²) in [5, 5.41) is 5.21. The van der Waals surface area contributed by atoms with Crippen molar-refractivity contribution in [2.24, 2.45) is 7.05 Å². The summed E-state index contributed by atoms with van der Waals surface area (Å²) in [6.45, 7) is 5.43. The second-order valence-corrected chi connectivity index (χ2v) is 8.54. The van der Waals surface area contributed by atoms with Gasteiger partial charge in [0.05, 0.1) is 20.2 Å². The average Bonchev–Trinajstić information content (AvgIpc) is 3.29. The number of imidazole rings is 1. The molecular weight excluding hydrogens is 444 g/mol. The molecule has 0 atom stereocenters. The lowest BCUT2D eigenvalue weighted by molar-refractivity contribution is 0.419. The Balaban J connectivity index is 1.72. The van der Waals surface area contributed by atoms with Crippen molar-refractivity contribution < 1.29 is 4.74 Å².